The monoisotopic (exact) mass is 213 g/mol. The summed E-state index contributed by atoms with van der Waals surface area (Å²) in [6, 6.07) is 0. The van der Waals surface area contributed by atoms with Crippen molar-refractivity contribution < 1.29 is 14.6 Å². The highest BCUT2D eigenvalue weighted by Crippen LogP contribution is 2.33. The predicted octanol–water partition coefficient (Wildman–Crippen LogP) is 0.947. The van der Waals surface area contributed by atoms with Crippen LogP contribution in [0.25, 0.3) is 0 Å². The fraction of sp³-hybridized carbons (Fsp3) is 0.636. The summed E-state index contributed by atoms with van der Waals surface area (Å²) >= 11 is 0. The molecule has 3 nitrogen and oxygen atoms in total. The van der Waals surface area contributed by atoms with Gasteiger partial charge in [-0.1, -0.05) is 6.08 Å². The van der Waals surface area contributed by atoms with E-state index in [1.807, 2.05) is 11.0 Å². The van der Waals surface area contributed by atoms with Crippen LogP contribution in [0.3, 0.4) is 0 Å². The van der Waals surface area contributed by atoms with Gasteiger partial charge in [-0.25, -0.2) is 4.39 Å². The Morgan fingerprint density at radius 1 is 1.47 bits per heavy atom. The molecule has 4 heteroatoms. The summed E-state index contributed by atoms with van der Waals surface area (Å²) in [4.78, 5) is 1.88. The van der Waals surface area contributed by atoms with Gasteiger partial charge in [-0.05, 0) is 24.5 Å². The second-order valence-electron chi connectivity index (χ2n) is 4.12. The van der Waals surface area contributed by atoms with E-state index >= 15 is 0 Å². The molecule has 15 heavy (non-hydrogen) atoms. The van der Waals surface area contributed by atoms with Crippen molar-refractivity contribution in [1.82, 2.24) is 4.90 Å². The molecule has 2 rings (SSSR count). The van der Waals surface area contributed by atoms with Crippen molar-refractivity contribution in [3.63, 3.8) is 0 Å². The second-order valence-corrected chi connectivity index (χ2v) is 4.12. The number of fused-ring (bicyclic) bond motifs is 1. The summed E-state index contributed by atoms with van der Waals surface area (Å²) in [5.74, 6) is -1.76. The number of allylic oxidation sites excluding steroid dienone is 1. The van der Waals surface area contributed by atoms with Gasteiger partial charge in [0.2, 0.25) is 0 Å². The van der Waals surface area contributed by atoms with E-state index in [1.54, 1.807) is 0 Å². The van der Waals surface area contributed by atoms with Gasteiger partial charge in [-0.15, -0.1) is 0 Å². The fourth-order valence-electron chi connectivity index (χ4n) is 2.19. The minimum absolute atomic E-state index is 0.231. The van der Waals surface area contributed by atoms with E-state index in [4.69, 9.17) is 0 Å². The van der Waals surface area contributed by atoms with Crippen LogP contribution in [0.15, 0.2) is 23.4 Å². The maximum absolute atomic E-state index is 12.3. The van der Waals surface area contributed by atoms with Gasteiger partial charge < -0.3 is 15.1 Å². The van der Waals surface area contributed by atoms with Crippen LogP contribution >= 0.6 is 0 Å². The number of halogens is 1. The number of hydrogen-bond donors (Lipinski definition) is 2. The smallest absolute Gasteiger partial charge is 0.188 e. The Hall–Kier alpha value is -0.870. The number of likely N-dealkylation sites (tertiary alicyclic amines) is 1. The lowest BCUT2D eigenvalue weighted by atomic mass is 9.91. The van der Waals surface area contributed by atoms with Crippen molar-refractivity contribution in [3.05, 3.63) is 23.4 Å². The van der Waals surface area contributed by atoms with Crippen molar-refractivity contribution in [2.24, 2.45) is 0 Å². The number of rotatable bonds is 2. The summed E-state index contributed by atoms with van der Waals surface area (Å²) < 4.78 is 12.3. The molecular weight excluding hydrogens is 197 g/mol. The number of piperidine rings is 1. The third-order valence-electron chi connectivity index (χ3n) is 2.92. The lowest BCUT2D eigenvalue weighted by Gasteiger charge is -2.37. The Balaban J connectivity index is 2.23. The number of alkyl halides is 1. The molecule has 1 saturated heterocycles. The van der Waals surface area contributed by atoms with Crippen LogP contribution in [-0.2, 0) is 0 Å². The van der Waals surface area contributed by atoms with Gasteiger partial charge in [-0.2, -0.15) is 0 Å². The zero-order valence-corrected chi connectivity index (χ0v) is 8.62. The summed E-state index contributed by atoms with van der Waals surface area (Å²) in [5.41, 5.74) is 1.92. The van der Waals surface area contributed by atoms with Crippen molar-refractivity contribution in [2.45, 2.75) is 25.0 Å². The summed E-state index contributed by atoms with van der Waals surface area (Å²) in [5, 5.41) is 19.0. The van der Waals surface area contributed by atoms with E-state index in [1.165, 1.54) is 6.08 Å². The molecule has 0 spiro atoms. The number of hydrogen-bond acceptors (Lipinski definition) is 3. The lowest BCUT2D eigenvalue weighted by Crippen LogP contribution is -2.37. The molecule has 1 aliphatic heterocycles. The highest BCUT2D eigenvalue weighted by molar-refractivity contribution is 5.37. The molecule has 0 aromatic carbocycles. The first-order valence-electron chi connectivity index (χ1n) is 5.30. The molecule has 0 atom stereocenters. The van der Waals surface area contributed by atoms with E-state index in [2.05, 4.69) is 0 Å². The molecule has 0 bridgehead atoms. The van der Waals surface area contributed by atoms with E-state index in [-0.39, 0.29) is 6.42 Å². The maximum Gasteiger partial charge on any atom is 0.188 e. The molecule has 0 saturated carbocycles. The van der Waals surface area contributed by atoms with Gasteiger partial charge in [0.25, 0.3) is 0 Å². The Bertz CT molecular complexity index is 308. The van der Waals surface area contributed by atoms with Crippen molar-refractivity contribution in [2.75, 3.05) is 19.8 Å². The Morgan fingerprint density at radius 3 is 3.00 bits per heavy atom. The summed E-state index contributed by atoms with van der Waals surface area (Å²) in [6.45, 7) is 0.719. The lowest BCUT2D eigenvalue weighted by molar-refractivity contribution is -0.117. The van der Waals surface area contributed by atoms with Crippen molar-refractivity contribution in [3.8, 4) is 0 Å². The van der Waals surface area contributed by atoms with Gasteiger partial charge in [-0.3, -0.25) is 0 Å². The van der Waals surface area contributed by atoms with Crippen LogP contribution in [0.4, 0.5) is 4.39 Å². The highest BCUT2D eigenvalue weighted by atomic mass is 19.1. The molecule has 1 fully saturated rings. The van der Waals surface area contributed by atoms with Crippen molar-refractivity contribution >= 4 is 0 Å². The number of nitrogens with zero attached hydrogens (tertiary/aromatic N) is 1. The third kappa shape index (κ3) is 2.21. The zero-order chi connectivity index (χ0) is 10.9. The SMILES string of the molecule is OC1(O)C=C2C(=CC1)CCCN2CCF. The summed E-state index contributed by atoms with van der Waals surface area (Å²) in [7, 11) is 0. The van der Waals surface area contributed by atoms with Gasteiger partial charge in [0, 0.05) is 25.2 Å². The van der Waals surface area contributed by atoms with Crippen LogP contribution in [0.1, 0.15) is 19.3 Å². The maximum atomic E-state index is 12.3. The largest absolute Gasteiger partial charge is 0.369 e. The predicted molar refractivity (Wildman–Crippen MR) is 54.7 cm³/mol. The first-order valence-corrected chi connectivity index (χ1v) is 5.30. The molecule has 2 N–H and O–H groups in total. The third-order valence-corrected chi connectivity index (χ3v) is 2.92. The van der Waals surface area contributed by atoms with Gasteiger partial charge in [0.05, 0.1) is 0 Å². The van der Waals surface area contributed by atoms with E-state index in [9.17, 15) is 14.6 Å². The quantitative estimate of drug-likeness (QED) is 0.671. The molecule has 2 aliphatic rings. The topological polar surface area (TPSA) is 43.7 Å². The van der Waals surface area contributed by atoms with Crippen LogP contribution in [0.2, 0.25) is 0 Å². The second kappa shape index (κ2) is 3.94. The Morgan fingerprint density at radius 2 is 2.27 bits per heavy atom. The van der Waals surface area contributed by atoms with Crippen LogP contribution < -0.4 is 0 Å². The minimum atomic E-state index is -1.76. The average molecular weight is 213 g/mol. The van der Waals surface area contributed by atoms with E-state index < -0.39 is 12.5 Å². The molecule has 0 radical (unpaired) electrons. The Labute approximate surface area is 88.5 Å². The molecule has 0 unspecified atom stereocenters. The first kappa shape index (κ1) is 10.6. The van der Waals surface area contributed by atoms with Gasteiger partial charge >= 0.3 is 0 Å². The van der Waals surface area contributed by atoms with E-state index in [0.29, 0.717) is 6.54 Å². The Kier molecular flexibility index (Phi) is 2.80. The first-order chi connectivity index (χ1) is 7.12. The van der Waals surface area contributed by atoms with Gasteiger partial charge in [0.1, 0.15) is 6.67 Å². The van der Waals surface area contributed by atoms with Crippen LogP contribution in [0.5, 0.6) is 0 Å². The fourth-order valence-corrected chi connectivity index (χ4v) is 2.19. The highest BCUT2D eigenvalue weighted by Gasteiger charge is 2.29. The average Bonchev–Trinajstić information content (AvgIpc) is 2.18. The molecule has 1 heterocycles. The molecule has 84 valence electrons. The summed E-state index contributed by atoms with van der Waals surface area (Å²) in [6.07, 6.45) is 5.48. The molecule has 0 aromatic heterocycles. The van der Waals surface area contributed by atoms with Gasteiger partial charge in [0.15, 0.2) is 5.79 Å². The van der Waals surface area contributed by atoms with Crippen LogP contribution in [-0.4, -0.2) is 40.7 Å². The minimum Gasteiger partial charge on any atom is -0.369 e. The molecular formula is C11H16FNO2. The molecule has 1 aliphatic carbocycles. The van der Waals surface area contributed by atoms with E-state index in [0.717, 1.165) is 30.7 Å². The van der Waals surface area contributed by atoms with Crippen LogP contribution in [0, 0.1) is 0 Å². The van der Waals surface area contributed by atoms with Crippen molar-refractivity contribution in [1.29, 1.82) is 0 Å². The molecule has 0 aromatic rings. The number of aliphatic hydroxyl groups is 2. The normalized spacial score (nSPS) is 24.3. The standard InChI is InChI=1S/C11H16FNO2/c12-5-7-13-6-1-2-9-3-4-11(14,15)8-10(9)13/h3,8,14-15H,1-2,4-7H2. The molecule has 0 amide bonds. The zero-order valence-electron chi connectivity index (χ0n) is 8.62.